The van der Waals surface area contributed by atoms with E-state index in [4.69, 9.17) is 4.42 Å². The van der Waals surface area contributed by atoms with Crippen LogP contribution in [0.1, 0.15) is 31.3 Å². The van der Waals surface area contributed by atoms with Crippen molar-refractivity contribution < 1.29 is 14.0 Å². The smallest absolute Gasteiger partial charge is 0.287 e. The van der Waals surface area contributed by atoms with Crippen molar-refractivity contribution in [1.82, 2.24) is 19.8 Å². The molecule has 29 heavy (non-hydrogen) atoms. The molecule has 0 aliphatic carbocycles. The Bertz CT molecular complexity index is 960. The Labute approximate surface area is 169 Å². The third kappa shape index (κ3) is 4.83. The third-order valence-electron chi connectivity index (χ3n) is 4.91. The van der Waals surface area contributed by atoms with E-state index in [1.165, 1.54) is 6.26 Å². The summed E-state index contributed by atoms with van der Waals surface area (Å²) in [6.45, 7) is 9.34. The third-order valence-corrected chi connectivity index (χ3v) is 4.91. The van der Waals surface area contributed by atoms with Crippen LogP contribution in [0.25, 0.3) is 11.0 Å². The van der Waals surface area contributed by atoms with Crippen LogP contribution in [0.2, 0.25) is 0 Å². The van der Waals surface area contributed by atoms with Gasteiger partial charge in [0.2, 0.25) is 11.9 Å². The summed E-state index contributed by atoms with van der Waals surface area (Å²) in [5.41, 5.74) is 1.77. The zero-order valence-corrected chi connectivity index (χ0v) is 17.0. The van der Waals surface area contributed by atoms with E-state index in [-0.39, 0.29) is 11.7 Å². The van der Waals surface area contributed by atoms with Crippen molar-refractivity contribution >= 4 is 28.8 Å². The quantitative estimate of drug-likeness (QED) is 0.579. The highest BCUT2D eigenvalue weighted by Crippen LogP contribution is 2.20. The van der Waals surface area contributed by atoms with Gasteiger partial charge in [0.25, 0.3) is 5.91 Å². The molecule has 3 rings (SSSR count). The molecular formula is C21H27N5O3. The van der Waals surface area contributed by atoms with Crippen molar-refractivity contribution in [3.8, 4) is 0 Å². The average molecular weight is 397 g/mol. The van der Waals surface area contributed by atoms with Gasteiger partial charge >= 0.3 is 0 Å². The van der Waals surface area contributed by atoms with Gasteiger partial charge in [-0.3, -0.25) is 14.9 Å². The SMILES string of the molecule is CCN(CC)CCn1c(NC(=O)C(C)NC(=O)c2ccco2)nc2ccccc21. The number of nitrogens with zero attached hydrogens (tertiary/aromatic N) is 3. The van der Waals surface area contributed by atoms with Gasteiger partial charge in [-0.25, -0.2) is 4.98 Å². The molecule has 3 aromatic rings. The van der Waals surface area contributed by atoms with Crippen LogP contribution >= 0.6 is 0 Å². The van der Waals surface area contributed by atoms with E-state index in [0.717, 1.165) is 30.7 Å². The summed E-state index contributed by atoms with van der Waals surface area (Å²) in [6, 6.07) is 10.2. The van der Waals surface area contributed by atoms with Crippen LogP contribution in [0, 0.1) is 0 Å². The molecule has 0 saturated heterocycles. The predicted octanol–water partition coefficient (Wildman–Crippen LogP) is 2.73. The molecule has 0 radical (unpaired) electrons. The fourth-order valence-electron chi connectivity index (χ4n) is 3.14. The maximum absolute atomic E-state index is 12.7. The fourth-order valence-corrected chi connectivity index (χ4v) is 3.14. The highest BCUT2D eigenvalue weighted by atomic mass is 16.3. The van der Waals surface area contributed by atoms with Crippen LogP contribution in [0.5, 0.6) is 0 Å². The second-order valence-electron chi connectivity index (χ2n) is 6.76. The molecule has 2 N–H and O–H groups in total. The van der Waals surface area contributed by atoms with Crippen LogP contribution in [0.3, 0.4) is 0 Å². The van der Waals surface area contributed by atoms with E-state index in [0.29, 0.717) is 12.5 Å². The van der Waals surface area contributed by atoms with Gasteiger partial charge in [0.15, 0.2) is 5.76 Å². The maximum atomic E-state index is 12.7. The summed E-state index contributed by atoms with van der Waals surface area (Å²) in [5, 5.41) is 5.49. The molecule has 8 heteroatoms. The van der Waals surface area contributed by atoms with Gasteiger partial charge in [-0.2, -0.15) is 0 Å². The number of para-hydroxylation sites is 2. The van der Waals surface area contributed by atoms with Gasteiger partial charge in [-0.05, 0) is 44.3 Å². The Kier molecular flexibility index (Phi) is 6.66. The lowest BCUT2D eigenvalue weighted by molar-refractivity contribution is -0.117. The van der Waals surface area contributed by atoms with Crippen molar-refractivity contribution in [2.24, 2.45) is 0 Å². The van der Waals surface area contributed by atoms with E-state index >= 15 is 0 Å². The first-order chi connectivity index (χ1) is 14.0. The van der Waals surface area contributed by atoms with Crippen molar-refractivity contribution in [3.05, 3.63) is 48.4 Å². The van der Waals surface area contributed by atoms with Crippen molar-refractivity contribution in [2.75, 3.05) is 25.0 Å². The predicted molar refractivity (Wildman–Crippen MR) is 112 cm³/mol. The number of carbonyl (C=O) groups is 2. The fraction of sp³-hybridized carbons (Fsp3) is 0.381. The van der Waals surface area contributed by atoms with E-state index in [9.17, 15) is 9.59 Å². The summed E-state index contributed by atoms with van der Waals surface area (Å²) in [6.07, 6.45) is 1.41. The topological polar surface area (TPSA) is 92.4 Å². The molecule has 0 fully saturated rings. The molecule has 0 saturated carbocycles. The van der Waals surface area contributed by atoms with Gasteiger partial charge in [-0.1, -0.05) is 26.0 Å². The molecule has 2 amide bonds. The van der Waals surface area contributed by atoms with Crippen molar-refractivity contribution in [2.45, 2.75) is 33.4 Å². The average Bonchev–Trinajstić information content (AvgIpc) is 3.37. The minimum Gasteiger partial charge on any atom is -0.459 e. The Hall–Kier alpha value is -3.13. The summed E-state index contributed by atoms with van der Waals surface area (Å²) >= 11 is 0. The molecule has 2 aromatic heterocycles. The second kappa shape index (κ2) is 9.38. The minimum atomic E-state index is -0.747. The standard InChI is InChI=1S/C21H27N5O3/c1-4-25(5-2)12-13-26-17-10-7-6-9-16(17)23-21(26)24-19(27)15(3)22-20(28)18-11-8-14-29-18/h6-11,14-15H,4-5,12-13H2,1-3H3,(H,22,28)(H,23,24,27). The van der Waals surface area contributed by atoms with Gasteiger partial charge < -0.3 is 19.2 Å². The summed E-state index contributed by atoms with van der Waals surface area (Å²) in [4.78, 5) is 31.7. The number of fused-ring (bicyclic) bond motifs is 1. The summed E-state index contributed by atoms with van der Waals surface area (Å²) in [5.74, 6) is -0.143. The monoisotopic (exact) mass is 397 g/mol. The Balaban J connectivity index is 1.75. The lowest BCUT2D eigenvalue weighted by atomic mass is 10.3. The number of aromatic nitrogens is 2. The molecule has 0 spiro atoms. The zero-order valence-electron chi connectivity index (χ0n) is 17.0. The van der Waals surface area contributed by atoms with E-state index < -0.39 is 11.9 Å². The number of benzene rings is 1. The van der Waals surface area contributed by atoms with Crippen LogP contribution in [-0.2, 0) is 11.3 Å². The van der Waals surface area contributed by atoms with Crippen molar-refractivity contribution in [1.29, 1.82) is 0 Å². The normalized spacial score (nSPS) is 12.3. The first-order valence-electron chi connectivity index (χ1n) is 9.86. The van der Waals surface area contributed by atoms with Crippen LogP contribution < -0.4 is 10.6 Å². The largest absolute Gasteiger partial charge is 0.459 e. The van der Waals surface area contributed by atoms with Gasteiger partial charge in [0, 0.05) is 13.1 Å². The number of rotatable bonds is 9. The molecule has 8 nitrogen and oxygen atoms in total. The molecule has 1 atom stereocenters. The lowest BCUT2D eigenvalue weighted by Gasteiger charge is -2.20. The number of likely N-dealkylation sites (N-methyl/N-ethyl adjacent to an activating group) is 1. The number of carbonyl (C=O) groups excluding carboxylic acids is 2. The number of amides is 2. The molecule has 0 bridgehead atoms. The van der Waals surface area contributed by atoms with E-state index in [1.54, 1.807) is 19.1 Å². The number of hydrogen-bond donors (Lipinski definition) is 2. The van der Waals surface area contributed by atoms with Crippen LogP contribution in [-0.4, -0.2) is 51.9 Å². The Morgan fingerprint density at radius 2 is 1.93 bits per heavy atom. The van der Waals surface area contributed by atoms with Gasteiger partial charge in [0.1, 0.15) is 6.04 Å². The van der Waals surface area contributed by atoms with E-state index in [2.05, 4.69) is 34.4 Å². The second-order valence-corrected chi connectivity index (χ2v) is 6.76. The lowest BCUT2D eigenvalue weighted by Crippen LogP contribution is -2.42. The number of imidazole rings is 1. The highest BCUT2D eigenvalue weighted by Gasteiger charge is 2.21. The number of hydrogen-bond acceptors (Lipinski definition) is 5. The number of anilines is 1. The number of nitrogens with one attached hydrogen (secondary N) is 2. The van der Waals surface area contributed by atoms with Gasteiger partial charge in [-0.15, -0.1) is 0 Å². The highest BCUT2D eigenvalue weighted by molar-refractivity contribution is 5.99. The first-order valence-corrected chi connectivity index (χ1v) is 9.86. The molecule has 1 aromatic carbocycles. The molecule has 154 valence electrons. The Morgan fingerprint density at radius 1 is 1.17 bits per heavy atom. The molecule has 0 aliphatic rings. The molecule has 1 unspecified atom stereocenters. The minimum absolute atomic E-state index is 0.163. The summed E-state index contributed by atoms with van der Waals surface area (Å²) < 4.78 is 7.07. The van der Waals surface area contributed by atoms with Crippen molar-refractivity contribution in [3.63, 3.8) is 0 Å². The summed E-state index contributed by atoms with van der Waals surface area (Å²) in [7, 11) is 0. The molecule has 0 aliphatic heterocycles. The molecular weight excluding hydrogens is 370 g/mol. The van der Waals surface area contributed by atoms with Gasteiger partial charge in [0.05, 0.1) is 17.3 Å². The van der Waals surface area contributed by atoms with Crippen LogP contribution in [0.15, 0.2) is 47.1 Å². The first kappa shape index (κ1) is 20.6. The van der Waals surface area contributed by atoms with Crippen LogP contribution in [0.4, 0.5) is 5.95 Å². The Morgan fingerprint density at radius 3 is 2.62 bits per heavy atom. The maximum Gasteiger partial charge on any atom is 0.287 e. The zero-order chi connectivity index (χ0) is 20.8. The van der Waals surface area contributed by atoms with E-state index in [1.807, 2.05) is 28.8 Å². The number of furan rings is 1. The molecule has 2 heterocycles.